The number of terminal acetylenes is 1. The van der Waals surface area contributed by atoms with Crippen molar-refractivity contribution >= 4 is 5.78 Å². The lowest BCUT2D eigenvalue weighted by atomic mass is 9.45. The fourth-order valence-electron chi connectivity index (χ4n) is 6.71. The number of hydrogen-bond donors (Lipinski definition) is 1. The minimum atomic E-state index is -0.162. The Balaban J connectivity index is 1.77. The Morgan fingerprint density at radius 3 is 2.74 bits per heavy atom. The lowest BCUT2D eigenvalue weighted by Crippen LogP contribution is -2.54. The maximum atomic E-state index is 11.9. The van der Waals surface area contributed by atoms with Gasteiger partial charge in [0, 0.05) is 12.3 Å². The van der Waals surface area contributed by atoms with E-state index >= 15 is 0 Å². The smallest absolute Gasteiger partial charge is 0.155 e. The molecule has 7 atom stereocenters. The van der Waals surface area contributed by atoms with Crippen LogP contribution in [0.2, 0.25) is 0 Å². The molecule has 0 aromatic rings. The predicted molar refractivity (Wildman–Crippen MR) is 90.4 cm³/mol. The molecule has 0 spiro atoms. The SMILES string of the molecule is C#C[C@@H]1CC2=CC(=O)CC[C@]2(C)[C@H]2CC[C@]3(C)[C@@H](O)CC[C@H]3[C@H]12. The molecule has 0 aliphatic heterocycles. The van der Waals surface area contributed by atoms with Gasteiger partial charge in [0.2, 0.25) is 0 Å². The molecule has 0 amide bonds. The summed E-state index contributed by atoms with van der Waals surface area (Å²) < 4.78 is 0. The third-order valence-electron chi connectivity index (χ3n) is 8.18. The van der Waals surface area contributed by atoms with Gasteiger partial charge >= 0.3 is 0 Å². The third-order valence-corrected chi connectivity index (χ3v) is 8.18. The first kappa shape index (κ1) is 15.5. The number of aliphatic hydroxyl groups excluding tert-OH is 1. The molecule has 0 bridgehead atoms. The molecule has 3 saturated carbocycles. The van der Waals surface area contributed by atoms with Gasteiger partial charge in [0.1, 0.15) is 0 Å². The molecule has 0 aromatic heterocycles. The maximum absolute atomic E-state index is 11.9. The van der Waals surface area contributed by atoms with E-state index in [1.54, 1.807) is 0 Å². The van der Waals surface area contributed by atoms with E-state index in [2.05, 4.69) is 19.8 Å². The lowest BCUT2D eigenvalue weighted by molar-refractivity contribution is -0.118. The minimum absolute atomic E-state index is 0.0539. The molecule has 2 nitrogen and oxygen atoms in total. The molecular weight excluding hydrogens is 284 g/mol. The molecule has 0 radical (unpaired) electrons. The summed E-state index contributed by atoms with van der Waals surface area (Å²) in [4.78, 5) is 11.9. The van der Waals surface area contributed by atoms with Crippen LogP contribution < -0.4 is 0 Å². The zero-order valence-corrected chi connectivity index (χ0v) is 14.3. The molecule has 4 aliphatic carbocycles. The van der Waals surface area contributed by atoms with Crippen LogP contribution in [0.3, 0.4) is 0 Å². The predicted octanol–water partition coefficient (Wildman–Crippen LogP) is 3.74. The van der Waals surface area contributed by atoms with Crippen LogP contribution in [0.15, 0.2) is 11.6 Å². The van der Waals surface area contributed by atoms with Crippen molar-refractivity contribution in [2.45, 2.75) is 64.9 Å². The second-order valence-corrected chi connectivity index (χ2v) is 8.96. The summed E-state index contributed by atoms with van der Waals surface area (Å²) in [6.45, 7) is 4.67. The molecule has 2 heteroatoms. The Hall–Kier alpha value is -1.07. The molecule has 4 rings (SSSR count). The second-order valence-electron chi connectivity index (χ2n) is 8.96. The topological polar surface area (TPSA) is 37.3 Å². The quantitative estimate of drug-likeness (QED) is 0.692. The number of rotatable bonds is 0. The first-order valence-corrected chi connectivity index (χ1v) is 9.28. The van der Waals surface area contributed by atoms with Gasteiger partial charge in [0.15, 0.2) is 5.78 Å². The summed E-state index contributed by atoms with van der Waals surface area (Å²) in [5.41, 5.74) is 1.53. The summed E-state index contributed by atoms with van der Waals surface area (Å²) in [7, 11) is 0. The Morgan fingerprint density at radius 2 is 2.00 bits per heavy atom. The van der Waals surface area contributed by atoms with Crippen molar-refractivity contribution in [1.82, 2.24) is 0 Å². The van der Waals surface area contributed by atoms with E-state index in [4.69, 9.17) is 6.42 Å². The van der Waals surface area contributed by atoms with Gasteiger partial charge in [-0.2, -0.15) is 0 Å². The Bertz CT molecular complexity index is 612. The van der Waals surface area contributed by atoms with Gasteiger partial charge in [-0.1, -0.05) is 19.4 Å². The van der Waals surface area contributed by atoms with Crippen molar-refractivity contribution in [3.05, 3.63) is 11.6 Å². The Kier molecular flexibility index (Phi) is 3.34. The van der Waals surface area contributed by atoms with Crippen LogP contribution in [0.25, 0.3) is 0 Å². The van der Waals surface area contributed by atoms with Crippen molar-refractivity contribution in [2.75, 3.05) is 0 Å². The number of ketones is 1. The van der Waals surface area contributed by atoms with Gasteiger partial charge in [-0.05, 0) is 73.2 Å². The zero-order valence-electron chi connectivity index (χ0n) is 14.3. The number of fused-ring (bicyclic) bond motifs is 5. The summed E-state index contributed by atoms with van der Waals surface area (Å²) >= 11 is 0. The number of aliphatic hydroxyl groups is 1. The standard InChI is InChI=1S/C21H28O2/c1-4-13-11-14-12-15(22)7-9-20(14,2)17-8-10-21(3)16(19(13)17)5-6-18(21)23/h1,12-13,16-19,23H,5-11H2,2-3H3/t13-,16+,17+,18+,19+,20+,21+/m1/s1. The van der Waals surface area contributed by atoms with Crippen LogP contribution in [0, 0.1) is 46.8 Å². The largest absolute Gasteiger partial charge is 0.393 e. The molecule has 0 heterocycles. The first-order valence-electron chi connectivity index (χ1n) is 9.28. The van der Waals surface area contributed by atoms with Crippen molar-refractivity contribution in [3.63, 3.8) is 0 Å². The van der Waals surface area contributed by atoms with Crippen LogP contribution in [-0.2, 0) is 4.79 Å². The van der Waals surface area contributed by atoms with E-state index in [-0.39, 0.29) is 28.6 Å². The number of carbonyl (C=O) groups excluding carboxylic acids is 1. The molecule has 4 aliphatic rings. The number of hydrogen-bond acceptors (Lipinski definition) is 2. The van der Waals surface area contributed by atoms with Crippen LogP contribution in [0.1, 0.15) is 58.8 Å². The summed E-state index contributed by atoms with van der Waals surface area (Å²) in [6, 6.07) is 0. The van der Waals surface area contributed by atoms with Gasteiger partial charge in [-0.15, -0.1) is 12.3 Å². The molecular formula is C21H28O2. The minimum Gasteiger partial charge on any atom is -0.393 e. The summed E-state index contributed by atoms with van der Waals surface area (Å²) in [6.07, 6.45) is 14.6. The molecule has 124 valence electrons. The van der Waals surface area contributed by atoms with Crippen molar-refractivity contribution in [3.8, 4) is 12.3 Å². The van der Waals surface area contributed by atoms with Gasteiger partial charge in [0.05, 0.1) is 6.10 Å². The fourth-order valence-corrected chi connectivity index (χ4v) is 6.71. The van der Waals surface area contributed by atoms with Crippen LogP contribution in [-0.4, -0.2) is 17.0 Å². The van der Waals surface area contributed by atoms with Crippen molar-refractivity contribution in [2.24, 2.45) is 34.5 Å². The molecule has 0 unspecified atom stereocenters. The molecule has 23 heavy (non-hydrogen) atoms. The van der Waals surface area contributed by atoms with Crippen LogP contribution in [0.4, 0.5) is 0 Å². The van der Waals surface area contributed by atoms with Gasteiger partial charge < -0.3 is 5.11 Å². The van der Waals surface area contributed by atoms with E-state index in [0.717, 1.165) is 38.5 Å². The van der Waals surface area contributed by atoms with E-state index in [1.165, 1.54) is 5.57 Å². The highest BCUT2D eigenvalue weighted by atomic mass is 16.3. The third kappa shape index (κ3) is 1.96. The van der Waals surface area contributed by atoms with Crippen molar-refractivity contribution < 1.29 is 9.90 Å². The van der Waals surface area contributed by atoms with Crippen LogP contribution >= 0.6 is 0 Å². The zero-order chi connectivity index (χ0) is 16.4. The average molecular weight is 312 g/mol. The summed E-state index contributed by atoms with van der Waals surface area (Å²) in [5.74, 6) is 5.25. The summed E-state index contributed by atoms with van der Waals surface area (Å²) in [5, 5.41) is 10.6. The van der Waals surface area contributed by atoms with Crippen LogP contribution in [0.5, 0.6) is 0 Å². The fraction of sp³-hybridized carbons (Fsp3) is 0.762. The number of carbonyl (C=O) groups is 1. The average Bonchev–Trinajstić information content (AvgIpc) is 2.83. The van der Waals surface area contributed by atoms with Crippen molar-refractivity contribution in [1.29, 1.82) is 0 Å². The van der Waals surface area contributed by atoms with Gasteiger partial charge in [-0.25, -0.2) is 0 Å². The normalized spacial score (nSPS) is 52.0. The van der Waals surface area contributed by atoms with E-state index in [1.807, 2.05) is 6.08 Å². The highest BCUT2D eigenvalue weighted by molar-refractivity contribution is 5.91. The highest BCUT2D eigenvalue weighted by Crippen LogP contribution is 2.66. The van der Waals surface area contributed by atoms with Gasteiger partial charge in [0.25, 0.3) is 0 Å². The lowest BCUT2D eigenvalue weighted by Gasteiger charge is -2.59. The van der Waals surface area contributed by atoms with E-state index in [9.17, 15) is 9.90 Å². The Labute approximate surface area is 139 Å². The molecule has 0 aromatic carbocycles. The van der Waals surface area contributed by atoms with E-state index in [0.29, 0.717) is 24.2 Å². The molecule has 1 N–H and O–H groups in total. The first-order chi connectivity index (χ1) is 10.9. The number of allylic oxidation sites excluding steroid dienone is 1. The monoisotopic (exact) mass is 312 g/mol. The highest BCUT2D eigenvalue weighted by Gasteiger charge is 2.60. The maximum Gasteiger partial charge on any atom is 0.155 e. The molecule has 3 fully saturated rings. The van der Waals surface area contributed by atoms with Gasteiger partial charge in [-0.3, -0.25) is 4.79 Å². The molecule has 0 saturated heterocycles. The second kappa shape index (κ2) is 4.96. The van der Waals surface area contributed by atoms with E-state index < -0.39 is 0 Å². The Morgan fingerprint density at radius 1 is 1.22 bits per heavy atom.